The van der Waals surface area contributed by atoms with Crippen LogP contribution in [0, 0.1) is 0 Å². The summed E-state index contributed by atoms with van der Waals surface area (Å²) in [6.07, 6.45) is 0. The van der Waals surface area contributed by atoms with E-state index in [9.17, 15) is 0 Å². The van der Waals surface area contributed by atoms with Gasteiger partial charge in [0.2, 0.25) is 0 Å². The van der Waals surface area contributed by atoms with Gasteiger partial charge in [0.25, 0.3) is 0 Å². The van der Waals surface area contributed by atoms with Crippen molar-refractivity contribution in [2.45, 2.75) is 0 Å². The molecule has 0 saturated heterocycles. The fraction of sp³-hybridized carbons (Fsp3) is 0. The van der Waals surface area contributed by atoms with E-state index >= 15 is 0 Å². The maximum absolute atomic E-state index is 8.15. The zero-order valence-corrected chi connectivity index (χ0v) is 62.1. The summed E-state index contributed by atoms with van der Waals surface area (Å²) >= 11 is 0.0592. The summed E-state index contributed by atoms with van der Waals surface area (Å²) in [6.45, 7) is -0.548. The van der Waals surface area contributed by atoms with Gasteiger partial charge < -0.3 is 0 Å². The van der Waals surface area contributed by atoms with Gasteiger partial charge in [-0.15, -0.1) is 0 Å². The molecule has 9 heteroatoms. The number of para-hydroxylation sites is 8. The zero-order chi connectivity index (χ0) is 73.0. The average molecular weight is 1480 g/mol. The van der Waals surface area contributed by atoms with E-state index in [1.165, 1.54) is 41.1 Å². The molecule has 0 unspecified atom stereocenters. The third kappa shape index (κ3) is 10.5. The minimum absolute atomic E-state index is 0.0592. The first-order valence-corrected chi connectivity index (χ1v) is 39.8. The first kappa shape index (κ1) is 64.4. The van der Waals surface area contributed by atoms with E-state index in [1.54, 1.807) is 0 Å². The monoisotopic (exact) mass is 1480 g/mol. The molecule has 518 valence electrons. The molecule has 4 aliphatic heterocycles. The van der Waals surface area contributed by atoms with Gasteiger partial charge in [0.05, 0.1) is 11.4 Å². The molecule has 18 aromatic rings. The van der Waals surface area contributed by atoms with Crippen LogP contribution in [0.15, 0.2) is 406 Å². The topological polar surface area (TPSA) is 25.4 Å². The van der Waals surface area contributed by atoms with Crippen LogP contribution in [0.3, 0.4) is 0 Å². The van der Waals surface area contributed by atoms with Gasteiger partial charge in [0.1, 0.15) is 0 Å². The third-order valence-corrected chi connectivity index (χ3v) is 25.2. The van der Waals surface area contributed by atoms with Gasteiger partial charge in [-0.05, 0) is 35.4 Å². The average Bonchev–Trinajstić information content (AvgIpc) is 0.946. The Balaban J connectivity index is 0.853. The first-order valence-electron chi connectivity index (χ1n) is 38.1. The summed E-state index contributed by atoms with van der Waals surface area (Å²) in [5, 5.41) is 2.54. The van der Waals surface area contributed by atoms with Gasteiger partial charge in [0.15, 0.2) is 0 Å². The van der Waals surface area contributed by atoms with E-state index in [2.05, 4.69) is 431 Å². The van der Waals surface area contributed by atoms with Crippen molar-refractivity contribution in [1.29, 1.82) is 0 Å². The molecule has 0 amide bonds. The summed E-state index contributed by atoms with van der Waals surface area (Å²) in [5.74, 6) is 1.61. The Bertz CT molecular complexity index is 6680. The number of anilines is 15. The van der Waals surface area contributed by atoms with Crippen molar-refractivity contribution in [1.82, 2.24) is 0 Å². The predicted molar refractivity (Wildman–Crippen MR) is 469 cm³/mol. The number of hydrogen-bond donors (Lipinski definition) is 0. The zero-order valence-electron chi connectivity index (χ0n) is 60.4. The second-order valence-electron chi connectivity index (χ2n) is 28.9. The number of ether oxygens (including phenoxy) is 1. The Morgan fingerprint density at radius 2 is 0.613 bits per heavy atom. The van der Waals surface area contributed by atoms with E-state index in [0.29, 0.717) is 0 Å². The summed E-state index contributed by atoms with van der Waals surface area (Å²) in [7, 11) is 0. The molecule has 0 radical (unpaired) electrons. The van der Waals surface area contributed by atoms with E-state index < -0.39 is 0 Å². The molecular weight excluding hydrogens is 1410 g/mol. The fourth-order valence-corrected chi connectivity index (χ4v) is 20.6. The van der Waals surface area contributed by atoms with Gasteiger partial charge >= 0.3 is 436 Å². The summed E-state index contributed by atoms with van der Waals surface area (Å²) in [6, 6.07) is 150. The summed E-state index contributed by atoms with van der Waals surface area (Å²) in [5.41, 5.74) is 32.1. The van der Waals surface area contributed by atoms with Gasteiger partial charge in [-0.1, -0.05) is 158 Å². The van der Waals surface area contributed by atoms with E-state index in [4.69, 9.17) is 4.74 Å². The second kappa shape index (κ2) is 26.5. The third-order valence-electron chi connectivity index (χ3n) is 22.8. The molecule has 22 rings (SSSR count). The number of rotatable bonds is 13. The molecule has 0 spiro atoms. The number of hydrogen-bond acceptors (Lipinski definition) is 6. The number of nitrogens with zero attached hydrogens (tertiary/aromatic N) is 5. The van der Waals surface area contributed by atoms with Crippen LogP contribution < -0.4 is 62.0 Å². The number of fused-ring (bicyclic) bond motifs is 11. The Morgan fingerprint density at radius 1 is 0.234 bits per heavy atom. The summed E-state index contributed by atoms with van der Waals surface area (Å²) < 4.78 is 10.9. The van der Waals surface area contributed by atoms with Gasteiger partial charge in [0, 0.05) is 16.8 Å². The molecule has 0 atom stereocenters. The second-order valence-corrected chi connectivity index (χ2v) is 31.2. The van der Waals surface area contributed by atoms with Crippen molar-refractivity contribution in [3.63, 3.8) is 0 Å². The van der Waals surface area contributed by atoms with Crippen molar-refractivity contribution in [3.05, 3.63) is 406 Å². The van der Waals surface area contributed by atoms with Gasteiger partial charge in [-0.2, -0.15) is 0 Å². The fourth-order valence-electron chi connectivity index (χ4n) is 18.2. The van der Waals surface area contributed by atoms with Crippen LogP contribution in [-0.2, 0) is 0 Å². The first-order chi connectivity index (χ1) is 55.1. The minimum Gasteiger partial charge on any atom is -0.0622 e. The van der Waals surface area contributed by atoms with Crippen molar-refractivity contribution in [3.8, 4) is 56.0 Å². The molecule has 0 aliphatic carbocycles. The van der Waals surface area contributed by atoms with Crippen LogP contribution >= 0.6 is 0 Å². The number of benzene rings is 17. The van der Waals surface area contributed by atoms with Crippen LogP contribution in [0.5, 0.6) is 11.5 Å². The predicted octanol–water partition coefficient (Wildman–Crippen LogP) is 23.1. The Kier molecular flexibility index (Phi) is 15.4. The Hall–Kier alpha value is -13.8. The van der Waals surface area contributed by atoms with E-state index in [1.807, 2.05) is 0 Å². The smallest absolute Gasteiger partial charge is 0.0622 e. The molecule has 111 heavy (non-hydrogen) atoms. The SMILES string of the molecule is c1ccc(-c2ccccc2N(c2ccccc2)c2cc3c4c(c2)N(c2ccccc2-c2ccccc2)c2ccccc2B4c2cc4c(cc2O3)N(c2cccc3[se]c5ccccc5c23)c2cc(N(c3ccccc3)c3ccccc3-c3ccccc3)cc3c2B4c2ccccc2N3c2ccccc2-c2ccccc2)cc1. The van der Waals surface area contributed by atoms with Gasteiger partial charge in [-0.25, -0.2) is 0 Å². The molecule has 6 nitrogen and oxygen atoms in total. The Labute approximate surface area is 652 Å². The molecule has 1 aromatic heterocycles. The van der Waals surface area contributed by atoms with Gasteiger partial charge in [-0.3, -0.25) is 0 Å². The molecule has 0 saturated carbocycles. The molecule has 0 bridgehead atoms. The normalized spacial score (nSPS) is 12.7. The van der Waals surface area contributed by atoms with E-state index in [-0.39, 0.29) is 27.9 Å². The van der Waals surface area contributed by atoms with Crippen molar-refractivity contribution in [2.75, 3.05) is 24.5 Å². The van der Waals surface area contributed by atoms with Crippen molar-refractivity contribution in [2.24, 2.45) is 0 Å². The molecule has 0 fully saturated rings. The van der Waals surface area contributed by atoms with Crippen LogP contribution in [0.4, 0.5) is 85.3 Å². The quantitative estimate of drug-likeness (QED) is 0.107. The molecule has 17 aromatic carbocycles. The molecule has 0 N–H and O–H groups in total. The minimum atomic E-state index is -0.277. The Morgan fingerprint density at radius 3 is 1.14 bits per heavy atom. The standard InChI is InChI=1S/C102H67B2N5OSe/c1-7-34-68(35-8-1)76-46-19-26-53-85(76)105(72-42-15-5-16-43-72)74-62-93-101-94(63-74)109(91-59-33-61-99-100(91)80-50-23-32-60-98(80)111-99)92-67-96-84(66-83(92)103(101)81-51-24-30-57-89(81)107(93)87-55-28-21-48-78(87)70-38-11-3-12-39-70)104-82-52-25-31-58-90(82)108(88-56-29-22-49-79(88)71-40-13-4-14-41-71)95-64-75(65-97(110-96)102(95)104)106(73-44-17-6-18-45-73)86-54-27-20-47-77(86)69-36-9-2-10-37-69/h1-67H. The van der Waals surface area contributed by atoms with E-state index in [0.717, 1.165) is 152 Å². The van der Waals surface area contributed by atoms with Crippen LogP contribution in [-0.4, -0.2) is 27.9 Å². The van der Waals surface area contributed by atoms with Crippen molar-refractivity contribution >= 4 is 165 Å². The summed E-state index contributed by atoms with van der Waals surface area (Å²) in [4.78, 5) is 12.7. The molecular formula is C102H67B2N5OSe. The maximum atomic E-state index is 8.15. The molecule has 4 aliphatic rings. The van der Waals surface area contributed by atoms with Crippen LogP contribution in [0.1, 0.15) is 0 Å². The van der Waals surface area contributed by atoms with Crippen LogP contribution in [0.2, 0.25) is 0 Å². The van der Waals surface area contributed by atoms with Crippen LogP contribution in [0.25, 0.3) is 63.8 Å². The molecule has 5 heterocycles. The van der Waals surface area contributed by atoms with Crippen molar-refractivity contribution < 1.29 is 4.74 Å².